The molecule has 114 valence electrons. The molecule has 9 heteroatoms. The second-order valence-corrected chi connectivity index (χ2v) is 9.22. The highest BCUT2D eigenvalue weighted by Gasteiger charge is 2.22. The lowest BCUT2D eigenvalue weighted by atomic mass is 10.3. The van der Waals surface area contributed by atoms with Crippen LogP contribution in [-0.2, 0) is 20.0 Å². The summed E-state index contributed by atoms with van der Waals surface area (Å²) in [4.78, 5) is 0. The third-order valence-corrected chi connectivity index (χ3v) is 6.41. The van der Waals surface area contributed by atoms with E-state index in [9.17, 15) is 16.8 Å². The van der Waals surface area contributed by atoms with Gasteiger partial charge in [0.1, 0.15) is 4.21 Å². The van der Waals surface area contributed by atoms with Gasteiger partial charge in [0.05, 0.1) is 11.9 Å². The molecule has 0 aliphatic carbocycles. The van der Waals surface area contributed by atoms with Gasteiger partial charge >= 0.3 is 0 Å². The number of thiophene rings is 1. The molecule has 1 aromatic carbocycles. The van der Waals surface area contributed by atoms with E-state index in [2.05, 4.69) is 4.72 Å². The Labute approximate surface area is 128 Å². The molecule has 21 heavy (non-hydrogen) atoms. The molecule has 0 saturated heterocycles. The van der Waals surface area contributed by atoms with Gasteiger partial charge in [0.2, 0.25) is 10.0 Å². The van der Waals surface area contributed by atoms with Crippen molar-refractivity contribution in [3.8, 4) is 0 Å². The highest BCUT2D eigenvalue weighted by molar-refractivity contribution is 7.94. The van der Waals surface area contributed by atoms with Crippen LogP contribution in [0.3, 0.4) is 0 Å². The fourth-order valence-electron chi connectivity index (χ4n) is 1.64. The molecule has 0 amide bonds. The molecule has 1 heterocycles. The first kappa shape index (κ1) is 15.8. The standard InChI is InChI=1S/C12H14N2O4S3/c1-14(21(17,18)12-4-3-9-19-12)11-7-5-10(6-8-11)13-20(2,15)16/h3-9,13H,1-2H3. The number of anilines is 2. The third-order valence-electron chi connectivity index (χ3n) is 2.64. The average molecular weight is 346 g/mol. The van der Waals surface area contributed by atoms with Gasteiger partial charge in [-0.15, -0.1) is 11.3 Å². The number of nitrogens with zero attached hydrogens (tertiary/aromatic N) is 1. The summed E-state index contributed by atoms with van der Waals surface area (Å²) in [7, 11) is -5.49. The molecule has 1 N–H and O–H groups in total. The Kier molecular flexibility index (Phi) is 4.26. The zero-order valence-electron chi connectivity index (χ0n) is 11.3. The first-order chi connectivity index (χ1) is 9.70. The maximum Gasteiger partial charge on any atom is 0.273 e. The Hall–Kier alpha value is -1.58. The molecule has 2 rings (SSSR count). The molecule has 0 unspecified atom stereocenters. The highest BCUT2D eigenvalue weighted by atomic mass is 32.2. The lowest BCUT2D eigenvalue weighted by molar-refractivity contribution is 0.596. The largest absolute Gasteiger partial charge is 0.284 e. The summed E-state index contributed by atoms with van der Waals surface area (Å²) in [6.07, 6.45) is 1.05. The molecule has 0 bridgehead atoms. The third kappa shape index (κ3) is 3.74. The molecule has 1 aromatic heterocycles. The van der Waals surface area contributed by atoms with Gasteiger partial charge in [0, 0.05) is 12.7 Å². The van der Waals surface area contributed by atoms with Crippen LogP contribution in [0, 0.1) is 0 Å². The fourth-order valence-corrected chi connectivity index (χ4v) is 4.56. The van der Waals surface area contributed by atoms with Crippen molar-refractivity contribution in [1.29, 1.82) is 0 Å². The van der Waals surface area contributed by atoms with Crippen molar-refractivity contribution in [3.63, 3.8) is 0 Å². The van der Waals surface area contributed by atoms with Gasteiger partial charge in [0.15, 0.2) is 0 Å². The Bertz CT molecular complexity index is 810. The SMILES string of the molecule is CN(c1ccc(NS(C)(=O)=O)cc1)S(=O)(=O)c1cccs1. The first-order valence-corrected chi connectivity index (χ1v) is 10.0. The molecule has 0 radical (unpaired) electrons. The van der Waals surface area contributed by atoms with Crippen molar-refractivity contribution in [1.82, 2.24) is 0 Å². The van der Waals surface area contributed by atoms with Crippen LogP contribution < -0.4 is 9.03 Å². The maximum absolute atomic E-state index is 12.3. The normalized spacial score (nSPS) is 12.1. The van der Waals surface area contributed by atoms with Crippen LogP contribution in [0.15, 0.2) is 46.0 Å². The van der Waals surface area contributed by atoms with E-state index in [0.717, 1.165) is 21.9 Å². The van der Waals surface area contributed by atoms with Crippen molar-refractivity contribution in [2.45, 2.75) is 4.21 Å². The molecule has 2 aromatic rings. The lowest BCUT2D eigenvalue weighted by Gasteiger charge is -2.18. The number of nitrogens with one attached hydrogen (secondary N) is 1. The second kappa shape index (κ2) is 5.66. The lowest BCUT2D eigenvalue weighted by Crippen LogP contribution is -2.25. The molecule has 0 fully saturated rings. The molecular weight excluding hydrogens is 332 g/mol. The minimum absolute atomic E-state index is 0.253. The van der Waals surface area contributed by atoms with Crippen LogP contribution in [0.1, 0.15) is 0 Å². The van der Waals surface area contributed by atoms with Crippen molar-refractivity contribution in [2.75, 3.05) is 22.3 Å². The van der Waals surface area contributed by atoms with E-state index < -0.39 is 20.0 Å². The zero-order chi connectivity index (χ0) is 15.7. The van der Waals surface area contributed by atoms with E-state index in [-0.39, 0.29) is 4.21 Å². The fraction of sp³-hybridized carbons (Fsp3) is 0.167. The summed E-state index contributed by atoms with van der Waals surface area (Å²) in [5, 5.41) is 1.69. The summed E-state index contributed by atoms with van der Waals surface area (Å²) in [6.45, 7) is 0. The molecule has 0 atom stereocenters. The monoisotopic (exact) mass is 346 g/mol. The van der Waals surface area contributed by atoms with Crippen molar-refractivity contribution < 1.29 is 16.8 Å². The van der Waals surface area contributed by atoms with Gasteiger partial charge in [-0.3, -0.25) is 9.03 Å². The Morgan fingerprint density at radius 1 is 1.05 bits per heavy atom. The van der Waals surface area contributed by atoms with Gasteiger partial charge < -0.3 is 0 Å². The molecular formula is C12H14N2O4S3. The number of hydrogen-bond donors (Lipinski definition) is 1. The molecule has 0 spiro atoms. The van der Waals surface area contributed by atoms with E-state index in [1.807, 2.05) is 0 Å². The van der Waals surface area contributed by atoms with Crippen molar-refractivity contribution >= 4 is 42.8 Å². The summed E-state index contributed by atoms with van der Waals surface area (Å²) in [6, 6.07) is 9.31. The quantitative estimate of drug-likeness (QED) is 0.897. The van der Waals surface area contributed by atoms with E-state index >= 15 is 0 Å². The number of hydrogen-bond acceptors (Lipinski definition) is 5. The highest BCUT2D eigenvalue weighted by Crippen LogP contribution is 2.26. The smallest absolute Gasteiger partial charge is 0.273 e. The van der Waals surface area contributed by atoms with E-state index in [4.69, 9.17) is 0 Å². The maximum atomic E-state index is 12.3. The van der Waals surface area contributed by atoms with Crippen molar-refractivity contribution in [3.05, 3.63) is 41.8 Å². The Balaban J connectivity index is 2.27. The van der Waals surface area contributed by atoms with Gasteiger partial charge in [0.25, 0.3) is 10.0 Å². The van der Waals surface area contributed by atoms with Gasteiger partial charge in [-0.1, -0.05) is 6.07 Å². The second-order valence-electron chi connectivity index (χ2n) is 4.33. The minimum Gasteiger partial charge on any atom is -0.284 e. The Morgan fingerprint density at radius 3 is 2.14 bits per heavy atom. The Morgan fingerprint density at radius 2 is 1.67 bits per heavy atom. The summed E-state index contributed by atoms with van der Waals surface area (Å²) >= 11 is 1.14. The summed E-state index contributed by atoms with van der Waals surface area (Å²) in [5.41, 5.74) is 0.825. The van der Waals surface area contributed by atoms with E-state index in [1.54, 1.807) is 23.6 Å². The minimum atomic E-state index is -3.58. The molecule has 0 saturated carbocycles. The number of rotatable bonds is 5. The molecule has 0 aliphatic heterocycles. The first-order valence-electron chi connectivity index (χ1n) is 5.80. The summed E-state index contributed by atoms with van der Waals surface area (Å²) < 4.78 is 50.6. The number of benzene rings is 1. The summed E-state index contributed by atoms with van der Waals surface area (Å²) in [5.74, 6) is 0. The topological polar surface area (TPSA) is 83.6 Å². The van der Waals surface area contributed by atoms with Crippen LogP contribution in [0.2, 0.25) is 0 Å². The van der Waals surface area contributed by atoms with Gasteiger partial charge in [-0.2, -0.15) is 0 Å². The van der Waals surface area contributed by atoms with E-state index in [0.29, 0.717) is 11.4 Å². The van der Waals surface area contributed by atoms with Gasteiger partial charge in [-0.05, 0) is 35.7 Å². The predicted octanol–water partition coefficient (Wildman–Crippen LogP) is 1.94. The van der Waals surface area contributed by atoms with Crippen LogP contribution in [0.4, 0.5) is 11.4 Å². The molecule has 6 nitrogen and oxygen atoms in total. The molecule has 0 aliphatic rings. The van der Waals surface area contributed by atoms with Crippen LogP contribution in [-0.4, -0.2) is 30.1 Å². The number of sulfonamides is 2. The zero-order valence-corrected chi connectivity index (χ0v) is 13.8. The van der Waals surface area contributed by atoms with Gasteiger partial charge in [-0.25, -0.2) is 16.8 Å². The van der Waals surface area contributed by atoms with Crippen molar-refractivity contribution in [2.24, 2.45) is 0 Å². The van der Waals surface area contributed by atoms with Crippen LogP contribution in [0.25, 0.3) is 0 Å². The predicted molar refractivity (Wildman–Crippen MR) is 84.8 cm³/mol. The average Bonchev–Trinajstić information content (AvgIpc) is 2.91. The van der Waals surface area contributed by atoms with E-state index in [1.165, 1.54) is 25.2 Å². The van der Waals surface area contributed by atoms with Crippen LogP contribution in [0.5, 0.6) is 0 Å². The van der Waals surface area contributed by atoms with Crippen LogP contribution >= 0.6 is 11.3 Å².